The van der Waals surface area contributed by atoms with Gasteiger partial charge in [0.15, 0.2) is 0 Å². The second-order valence-electron chi connectivity index (χ2n) is 3.88. The second kappa shape index (κ2) is 3.41. The predicted octanol–water partition coefficient (Wildman–Crippen LogP) is 3.54. The van der Waals surface area contributed by atoms with Crippen molar-refractivity contribution in [3.8, 4) is 0 Å². The van der Waals surface area contributed by atoms with Crippen molar-refractivity contribution >= 4 is 10.9 Å². The highest BCUT2D eigenvalue weighted by molar-refractivity contribution is 5.82. The summed E-state index contributed by atoms with van der Waals surface area (Å²) in [5.74, 6) is 0.507. The van der Waals surface area contributed by atoms with E-state index in [2.05, 4.69) is 50.0 Å². The summed E-state index contributed by atoms with van der Waals surface area (Å²) in [4.78, 5) is 4.49. The summed E-state index contributed by atoms with van der Waals surface area (Å²) in [6.45, 7) is 8.23. The Balaban J connectivity index is 2.77. The maximum Gasteiger partial charge on any atom is 0.0739 e. The van der Waals surface area contributed by atoms with Crippen LogP contribution in [0.3, 0.4) is 0 Å². The first kappa shape index (κ1) is 9.20. The van der Waals surface area contributed by atoms with E-state index < -0.39 is 0 Å². The molecule has 0 aliphatic heterocycles. The molecule has 1 heteroatoms. The first-order valence-corrected chi connectivity index (χ1v) is 4.90. The predicted molar refractivity (Wildman–Crippen MR) is 60.3 cm³/mol. The molecule has 0 bridgehead atoms. The summed E-state index contributed by atoms with van der Waals surface area (Å²) >= 11 is 0. The van der Waals surface area contributed by atoms with Crippen molar-refractivity contribution in [2.45, 2.75) is 19.8 Å². The van der Waals surface area contributed by atoms with Gasteiger partial charge in [-0.2, -0.15) is 0 Å². The van der Waals surface area contributed by atoms with Crippen LogP contribution in [0.2, 0.25) is 0 Å². The molecule has 1 aromatic carbocycles. The number of fused-ring (bicyclic) bond motifs is 1. The molecule has 1 aromatic heterocycles. The SMILES string of the molecule is [CH2]c1ccc2cccc(C(C)C)c2n1. The van der Waals surface area contributed by atoms with Gasteiger partial charge in [-0.3, -0.25) is 4.98 Å². The van der Waals surface area contributed by atoms with Crippen LogP contribution in [0.5, 0.6) is 0 Å². The van der Waals surface area contributed by atoms with Crippen LogP contribution in [0.1, 0.15) is 31.0 Å². The Morgan fingerprint density at radius 1 is 1.14 bits per heavy atom. The summed E-state index contributed by atoms with van der Waals surface area (Å²) in [5.41, 5.74) is 3.23. The molecule has 1 heterocycles. The summed E-state index contributed by atoms with van der Waals surface area (Å²) < 4.78 is 0. The first-order valence-electron chi connectivity index (χ1n) is 4.90. The Bertz CT molecular complexity index is 458. The summed E-state index contributed by atoms with van der Waals surface area (Å²) in [6.07, 6.45) is 0. The van der Waals surface area contributed by atoms with Gasteiger partial charge in [-0.15, -0.1) is 0 Å². The molecule has 2 rings (SSSR count). The minimum atomic E-state index is 0.507. The van der Waals surface area contributed by atoms with E-state index in [0.717, 1.165) is 11.2 Å². The number of para-hydroxylation sites is 1. The molecule has 0 unspecified atom stereocenters. The number of benzene rings is 1. The zero-order chi connectivity index (χ0) is 10.1. The van der Waals surface area contributed by atoms with Gasteiger partial charge >= 0.3 is 0 Å². The largest absolute Gasteiger partial charge is 0.253 e. The fourth-order valence-electron chi connectivity index (χ4n) is 1.68. The zero-order valence-corrected chi connectivity index (χ0v) is 8.62. The van der Waals surface area contributed by atoms with Crippen LogP contribution < -0.4 is 0 Å². The van der Waals surface area contributed by atoms with Gasteiger partial charge < -0.3 is 0 Å². The summed E-state index contributed by atoms with van der Waals surface area (Å²) in [7, 11) is 0. The second-order valence-corrected chi connectivity index (χ2v) is 3.88. The molecule has 0 saturated heterocycles. The third kappa shape index (κ3) is 1.50. The van der Waals surface area contributed by atoms with E-state index in [1.54, 1.807) is 0 Å². The molecule has 0 atom stereocenters. The molecular formula is C13H14N. The quantitative estimate of drug-likeness (QED) is 0.660. The molecule has 0 N–H and O–H groups in total. The maximum atomic E-state index is 4.49. The number of pyridine rings is 1. The average Bonchev–Trinajstić information content (AvgIpc) is 2.16. The Hall–Kier alpha value is -1.37. The molecule has 2 aromatic rings. The lowest BCUT2D eigenvalue weighted by atomic mass is 10.00. The van der Waals surface area contributed by atoms with Crippen LogP contribution in [-0.2, 0) is 0 Å². The molecule has 1 nitrogen and oxygen atoms in total. The summed E-state index contributed by atoms with van der Waals surface area (Å²) in [6, 6.07) is 10.3. The first-order chi connectivity index (χ1) is 6.68. The lowest BCUT2D eigenvalue weighted by Crippen LogP contribution is -1.92. The summed E-state index contributed by atoms with van der Waals surface area (Å²) in [5, 5.41) is 1.20. The Morgan fingerprint density at radius 2 is 1.93 bits per heavy atom. The molecule has 71 valence electrons. The highest BCUT2D eigenvalue weighted by atomic mass is 14.7. The molecule has 0 aliphatic carbocycles. The van der Waals surface area contributed by atoms with Crippen molar-refractivity contribution < 1.29 is 0 Å². The number of nitrogens with zero attached hydrogens (tertiary/aromatic N) is 1. The number of hydrogen-bond donors (Lipinski definition) is 0. The minimum absolute atomic E-state index is 0.507. The van der Waals surface area contributed by atoms with Crippen molar-refractivity contribution in [3.63, 3.8) is 0 Å². The maximum absolute atomic E-state index is 4.49. The van der Waals surface area contributed by atoms with Gasteiger partial charge in [-0.25, -0.2) is 0 Å². The average molecular weight is 184 g/mol. The number of rotatable bonds is 1. The van der Waals surface area contributed by atoms with E-state index in [1.807, 2.05) is 6.07 Å². The molecule has 0 fully saturated rings. The smallest absolute Gasteiger partial charge is 0.0739 e. The van der Waals surface area contributed by atoms with E-state index in [4.69, 9.17) is 0 Å². The fraction of sp³-hybridized carbons (Fsp3) is 0.231. The zero-order valence-electron chi connectivity index (χ0n) is 8.62. The van der Waals surface area contributed by atoms with Crippen LogP contribution in [0, 0.1) is 6.92 Å². The Morgan fingerprint density at radius 3 is 2.64 bits per heavy atom. The Kier molecular flexibility index (Phi) is 2.24. The lowest BCUT2D eigenvalue weighted by Gasteiger charge is -2.09. The highest BCUT2D eigenvalue weighted by Crippen LogP contribution is 2.23. The van der Waals surface area contributed by atoms with Gasteiger partial charge in [0.05, 0.1) is 5.52 Å². The molecule has 14 heavy (non-hydrogen) atoms. The van der Waals surface area contributed by atoms with E-state index in [1.165, 1.54) is 10.9 Å². The minimum Gasteiger partial charge on any atom is -0.253 e. The number of aromatic nitrogens is 1. The van der Waals surface area contributed by atoms with E-state index in [-0.39, 0.29) is 0 Å². The fourth-order valence-corrected chi connectivity index (χ4v) is 1.68. The van der Waals surface area contributed by atoms with Gasteiger partial charge in [-0.05, 0) is 24.5 Å². The van der Waals surface area contributed by atoms with Crippen molar-refractivity contribution in [3.05, 3.63) is 48.5 Å². The van der Waals surface area contributed by atoms with Crippen molar-refractivity contribution in [2.75, 3.05) is 0 Å². The monoisotopic (exact) mass is 184 g/mol. The highest BCUT2D eigenvalue weighted by Gasteiger charge is 2.05. The normalized spacial score (nSPS) is 11.1. The van der Waals surface area contributed by atoms with Crippen LogP contribution in [0.4, 0.5) is 0 Å². The van der Waals surface area contributed by atoms with Crippen molar-refractivity contribution in [1.82, 2.24) is 4.98 Å². The third-order valence-electron chi connectivity index (χ3n) is 2.43. The van der Waals surface area contributed by atoms with Crippen LogP contribution in [-0.4, -0.2) is 4.98 Å². The van der Waals surface area contributed by atoms with Gasteiger partial charge in [-0.1, -0.05) is 38.1 Å². The van der Waals surface area contributed by atoms with Crippen LogP contribution >= 0.6 is 0 Å². The Labute approximate surface area is 84.8 Å². The molecule has 0 aliphatic rings. The standard InChI is InChI=1S/C13H14N/c1-9(2)12-6-4-5-11-8-7-10(3)14-13(11)12/h4-9H,3H2,1-2H3. The van der Waals surface area contributed by atoms with E-state index >= 15 is 0 Å². The molecule has 1 radical (unpaired) electrons. The van der Waals surface area contributed by atoms with Crippen LogP contribution in [0.25, 0.3) is 10.9 Å². The van der Waals surface area contributed by atoms with Gasteiger partial charge in [0, 0.05) is 11.1 Å². The van der Waals surface area contributed by atoms with Gasteiger partial charge in [0.1, 0.15) is 0 Å². The molecule has 0 saturated carbocycles. The molecular weight excluding hydrogens is 170 g/mol. The van der Waals surface area contributed by atoms with Crippen molar-refractivity contribution in [2.24, 2.45) is 0 Å². The van der Waals surface area contributed by atoms with Gasteiger partial charge in [0.25, 0.3) is 0 Å². The topological polar surface area (TPSA) is 12.9 Å². The van der Waals surface area contributed by atoms with E-state index in [9.17, 15) is 0 Å². The van der Waals surface area contributed by atoms with Gasteiger partial charge in [0.2, 0.25) is 0 Å². The third-order valence-corrected chi connectivity index (χ3v) is 2.43. The van der Waals surface area contributed by atoms with Crippen LogP contribution in [0.15, 0.2) is 30.3 Å². The molecule has 0 amide bonds. The number of hydrogen-bond acceptors (Lipinski definition) is 1. The van der Waals surface area contributed by atoms with Crippen molar-refractivity contribution in [1.29, 1.82) is 0 Å². The van der Waals surface area contributed by atoms with E-state index in [0.29, 0.717) is 5.92 Å². The molecule has 0 spiro atoms. The lowest BCUT2D eigenvalue weighted by molar-refractivity contribution is 0.872.